The molecule has 0 spiro atoms. The summed E-state index contributed by atoms with van der Waals surface area (Å²) >= 11 is 0. The zero-order chi connectivity index (χ0) is 24.8. The van der Waals surface area contributed by atoms with Crippen molar-refractivity contribution < 1.29 is 8.78 Å². The number of pyridine rings is 2. The second-order valence-corrected chi connectivity index (χ2v) is 8.90. The van der Waals surface area contributed by atoms with Gasteiger partial charge in [-0.3, -0.25) is 15.1 Å². The first kappa shape index (κ1) is 22.0. The van der Waals surface area contributed by atoms with E-state index in [1.165, 1.54) is 12.1 Å². The highest BCUT2D eigenvalue weighted by Gasteiger charge is 2.21. The van der Waals surface area contributed by atoms with Gasteiger partial charge in [0.15, 0.2) is 11.6 Å². The molecule has 0 saturated heterocycles. The first-order valence-corrected chi connectivity index (χ1v) is 11.3. The summed E-state index contributed by atoms with van der Waals surface area (Å²) in [5.74, 6) is -0.389. The molecule has 0 unspecified atom stereocenters. The van der Waals surface area contributed by atoms with Crippen LogP contribution in [0.3, 0.4) is 0 Å². The van der Waals surface area contributed by atoms with Gasteiger partial charge in [-0.1, -0.05) is 24.3 Å². The number of nitrogens with one attached hydrogen (secondary N) is 2. The maximum atomic E-state index is 15.9. The fourth-order valence-electron chi connectivity index (χ4n) is 4.42. The maximum absolute atomic E-state index is 15.9. The molecule has 6 rings (SSSR count). The largest absolute Gasteiger partial charge is 0.337 e. The van der Waals surface area contributed by atoms with E-state index in [1.54, 1.807) is 30.7 Å². The van der Waals surface area contributed by atoms with E-state index in [0.717, 1.165) is 22.2 Å². The quantitative estimate of drug-likeness (QED) is 0.336. The number of aromatic amines is 2. The minimum Gasteiger partial charge on any atom is -0.337 e. The number of imidazole rings is 1. The van der Waals surface area contributed by atoms with Gasteiger partial charge in [0.2, 0.25) is 0 Å². The molecule has 0 fully saturated rings. The number of hydrogen-bond donors (Lipinski definition) is 2. The Balaban J connectivity index is 1.48. The average Bonchev–Trinajstić information content (AvgIpc) is 3.49. The molecule has 9 heteroatoms. The molecule has 7 nitrogen and oxygen atoms in total. The van der Waals surface area contributed by atoms with Crippen LogP contribution in [0.2, 0.25) is 0 Å². The van der Waals surface area contributed by atoms with Gasteiger partial charge in [0.05, 0.1) is 28.1 Å². The van der Waals surface area contributed by atoms with Crippen molar-refractivity contribution in [2.45, 2.75) is 6.54 Å². The first-order valence-electron chi connectivity index (χ1n) is 11.3. The molecule has 4 heterocycles. The summed E-state index contributed by atoms with van der Waals surface area (Å²) in [6.07, 6.45) is 4.93. The number of benzene rings is 2. The summed E-state index contributed by atoms with van der Waals surface area (Å²) in [6.45, 7) is 0.678. The van der Waals surface area contributed by atoms with E-state index >= 15 is 4.39 Å². The molecular weight excluding hydrogens is 460 g/mol. The van der Waals surface area contributed by atoms with Crippen molar-refractivity contribution in [1.82, 2.24) is 35.0 Å². The summed E-state index contributed by atoms with van der Waals surface area (Å²) in [4.78, 5) is 18.7. The fourth-order valence-corrected chi connectivity index (χ4v) is 4.42. The lowest BCUT2D eigenvalue weighted by molar-refractivity contribution is 0.402. The van der Waals surface area contributed by atoms with Gasteiger partial charge in [-0.15, -0.1) is 0 Å². The number of hydrogen-bond acceptors (Lipinski definition) is 5. The van der Waals surface area contributed by atoms with Crippen molar-refractivity contribution >= 4 is 21.9 Å². The maximum Gasteiger partial charge on any atom is 0.161 e. The van der Waals surface area contributed by atoms with Crippen LogP contribution in [0.5, 0.6) is 0 Å². The van der Waals surface area contributed by atoms with Crippen LogP contribution >= 0.6 is 0 Å². The zero-order valence-corrected chi connectivity index (χ0v) is 19.5. The molecule has 0 aliphatic rings. The highest BCUT2D eigenvalue weighted by atomic mass is 19.1. The number of H-pyrrole nitrogens is 2. The Labute approximate surface area is 204 Å². The minimum absolute atomic E-state index is 0.196. The monoisotopic (exact) mass is 481 g/mol. The Hall–Kier alpha value is -4.50. The zero-order valence-electron chi connectivity index (χ0n) is 19.5. The number of rotatable bonds is 5. The van der Waals surface area contributed by atoms with Crippen molar-refractivity contribution in [3.8, 4) is 33.9 Å². The predicted octanol–water partition coefficient (Wildman–Crippen LogP) is 5.57. The lowest BCUT2D eigenvalue weighted by Crippen LogP contribution is -2.10. The molecule has 0 saturated carbocycles. The third-order valence-electron chi connectivity index (χ3n) is 6.00. The van der Waals surface area contributed by atoms with Crippen LogP contribution in [-0.2, 0) is 6.54 Å². The van der Waals surface area contributed by atoms with Gasteiger partial charge >= 0.3 is 0 Å². The second kappa shape index (κ2) is 8.62. The van der Waals surface area contributed by atoms with Gasteiger partial charge in [-0.25, -0.2) is 13.8 Å². The Morgan fingerprint density at radius 2 is 1.72 bits per heavy atom. The van der Waals surface area contributed by atoms with E-state index in [2.05, 4.69) is 25.1 Å². The lowest BCUT2D eigenvalue weighted by Gasteiger charge is -2.10. The summed E-state index contributed by atoms with van der Waals surface area (Å²) in [5, 5.41) is 7.51. The number of aromatic nitrogens is 6. The Morgan fingerprint density at radius 3 is 2.53 bits per heavy atom. The molecule has 4 aromatic heterocycles. The summed E-state index contributed by atoms with van der Waals surface area (Å²) in [7, 11) is 3.92. The van der Waals surface area contributed by atoms with Gasteiger partial charge < -0.3 is 9.88 Å². The average molecular weight is 482 g/mol. The molecule has 0 amide bonds. The van der Waals surface area contributed by atoms with Crippen LogP contribution in [0, 0.1) is 11.6 Å². The third-order valence-corrected chi connectivity index (χ3v) is 6.00. The number of nitrogens with zero attached hydrogens (tertiary/aromatic N) is 5. The second-order valence-electron chi connectivity index (χ2n) is 8.90. The van der Waals surface area contributed by atoms with Crippen molar-refractivity contribution in [2.24, 2.45) is 0 Å². The van der Waals surface area contributed by atoms with E-state index in [-0.39, 0.29) is 11.5 Å². The van der Waals surface area contributed by atoms with Crippen LogP contribution in [0.25, 0.3) is 55.8 Å². The van der Waals surface area contributed by atoms with Gasteiger partial charge in [0.1, 0.15) is 17.2 Å². The van der Waals surface area contributed by atoms with E-state index in [9.17, 15) is 4.39 Å². The molecule has 0 radical (unpaired) electrons. The van der Waals surface area contributed by atoms with Crippen LogP contribution in [-0.4, -0.2) is 49.1 Å². The molecule has 0 aliphatic heterocycles. The topological polar surface area (TPSA) is 86.4 Å². The van der Waals surface area contributed by atoms with Crippen molar-refractivity contribution in [2.75, 3.05) is 14.1 Å². The highest BCUT2D eigenvalue weighted by molar-refractivity contribution is 5.98. The van der Waals surface area contributed by atoms with E-state index < -0.39 is 5.82 Å². The fraction of sp³-hybridized carbons (Fsp3) is 0.111. The van der Waals surface area contributed by atoms with Crippen molar-refractivity contribution in [3.63, 3.8) is 0 Å². The van der Waals surface area contributed by atoms with Crippen molar-refractivity contribution in [1.29, 1.82) is 0 Å². The number of para-hydroxylation sites is 1. The molecule has 0 aliphatic carbocycles. The molecule has 178 valence electrons. The molecule has 0 atom stereocenters. The smallest absolute Gasteiger partial charge is 0.161 e. The Morgan fingerprint density at radius 1 is 0.889 bits per heavy atom. The van der Waals surface area contributed by atoms with Crippen LogP contribution in [0.15, 0.2) is 67.1 Å². The summed E-state index contributed by atoms with van der Waals surface area (Å²) in [5.41, 5.74) is 5.66. The van der Waals surface area contributed by atoms with E-state index in [1.807, 2.05) is 43.3 Å². The van der Waals surface area contributed by atoms with Gasteiger partial charge in [-0.2, -0.15) is 5.10 Å². The number of fused-ring (bicyclic) bond motifs is 2. The van der Waals surface area contributed by atoms with Crippen LogP contribution < -0.4 is 0 Å². The lowest BCUT2D eigenvalue weighted by atomic mass is 10.0. The Bertz CT molecular complexity index is 1720. The van der Waals surface area contributed by atoms with Gasteiger partial charge in [0, 0.05) is 30.1 Å². The predicted molar refractivity (Wildman–Crippen MR) is 135 cm³/mol. The van der Waals surface area contributed by atoms with Gasteiger partial charge in [-0.05, 0) is 49.5 Å². The normalized spacial score (nSPS) is 11.7. The molecule has 2 aromatic carbocycles. The molecule has 6 aromatic rings. The number of halogens is 2. The molecule has 36 heavy (non-hydrogen) atoms. The highest BCUT2D eigenvalue weighted by Crippen LogP contribution is 2.34. The summed E-state index contributed by atoms with van der Waals surface area (Å²) < 4.78 is 29.4. The van der Waals surface area contributed by atoms with Crippen LogP contribution in [0.1, 0.15) is 5.56 Å². The third kappa shape index (κ3) is 3.79. The van der Waals surface area contributed by atoms with Crippen molar-refractivity contribution in [3.05, 3.63) is 84.3 Å². The minimum atomic E-state index is -0.501. The standard InChI is InChI=1S/C27H21F2N7/c1-36(2)14-15-10-17(12-30-11-15)24-23(29)22-21(13-31-24)34-35-26(22)27-32-20-5-3-4-19(25(20)33-27)16-6-8-18(28)9-7-16/h3-13H,14H2,1-2H3,(H,32,33)(H,34,35). The van der Waals surface area contributed by atoms with Gasteiger partial charge in [0.25, 0.3) is 0 Å². The van der Waals surface area contributed by atoms with E-state index in [0.29, 0.717) is 40.0 Å². The first-order chi connectivity index (χ1) is 17.5. The molecule has 0 bridgehead atoms. The Kier molecular flexibility index (Phi) is 5.26. The SMILES string of the molecule is CN(C)Cc1cncc(-c2ncc3[nH]nc(-c4nc5c(-c6ccc(F)cc6)cccc5[nH]4)c3c2F)c1. The van der Waals surface area contributed by atoms with E-state index in [4.69, 9.17) is 4.98 Å². The van der Waals surface area contributed by atoms with Crippen LogP contribution in [0.4, 0.5) is 8.78 Å². The summed E-state index contributed by atoms with van der Waals surface area (Å²) in [6, 6.07) is 13.8. The molecular formula is C27H21F2N7. The molecule has 2 N–H and O–H groups in total.